The van der Waals surface area contributed by atoms with E-state index in [9.17, 15) is 4.79 Å². The molecule has 1 fully saturated rings. The second-order valence-electron chi connectivity index (χ2n) is 9.04. The first-order valence-electron chi connectivity index (χ1n) is 11.8. The Labute approximate surface area is 197 Å². The quantitative estimate of drug-likeness (QED) is 0.665. The number of benzene rings is 2. The predicted molar refractivity (Wildman–Crippen MR) is 131 cm³/mol. The highest BCUT2D eigenvalue weighted by atomic mass is 16.5. The van der Waals surface area contributed by atoms with E-state index in [-0.39, 0.29) is 18.6 Å². The third-order valence-electron chi connectivity index (χ3n) is 6.74. The van der Waals surface area contributed by atoms with Crippen LogP contribution in [0, 0.1) is 0 Å². The van der Waals surface area contributed by atoms with Crippen molar-refractivity contribution in [3.8, 4) is 11.5 Å². The fraction of sp³-hybridized carbons (Fsp3) is 0.500. The molecule has 1 atom stereocenters. The van der Waals surface area contributed by atoms with E-state index in [4.69, 9.17) is 9.47 Å². The fourth-order valence-electron chi connectivity index (χ4n) is 4.69. The number of carbonyl (C=O) groups excluding carboxylic acids is 1. The van der Waals surface area contributed by atoms with Gasteiger partial charge >= 0.3 is 0 Å². The Balaban J connectivity index is 1.41. The van der Waals surface area contributed by atoms with Gasteiger partial charge in [-0.05, 0) is 61.3 Å². The van der Waals surface area contributed by atoms with Gasteiger partial charge in [0.1, 0.15) is 11.5 Å². The Morgan fingerprint density at radius 1 is 1.00 bits per heavy atom. The smallest absolute Gasteiger partial charge is 0.258 e. The van der Waals surface area contributed by atoms with Crippen LogP contribution in [-0.4, -0.2) is 82.8 Å². The van der Waals surface area contributed by atoms with Crippen LogP contribution in [0.15, 0.2) is 42.5 Å². The number of nitrogens with one attached hydrogen (secondary N) is 1. The number of rotatable bonds is 8. The average Bonchev–Trinajstić information content (AvgIpc) is 2.84. The van der Waals surface area contributed by atoms with Gasteiger partial charge in [0.25, 0.3) is 5.91 Å². The molecular formula is C26H36N4O3. The predicted octanol–water partition coefficient (Wildman–Crippen LogP) is 2.56. The molecular weight excluding hydrogens is 416 g/mol. The summed E-state index contributed by atoms with van der Waals surface area (Å²) in [5.74, 6) is 1.31. The van der Waals surface area contributed by atoms with Crippen LogP contribution in [0.25, 0.3) is 0 Å². The van der Waals surface area contributed by atoms with Crippen LogP contribution in [0.5, 0.6) is 11.5 Å². The monoisotopic (exact) mass is 452 g/mol. The van der Waals surface area contributed by atoms with Crippen LogP contribution in [0.2, 0.25) is 0 Å². The molecule has 178 valence electrons. The second-order valence-corrected chi connectivity index (χ2v) is 9.04. The molecule has 0 radical (unpaired) electrons. The summed E-state index contributed by atoms with van der Waals surface area (Å²) < 4.78 is 10.8. The van der Waals surface area contributed by atoms with Crippen molar-refractivity contribution in [2.45, 2.75) is 18.9 Å². The van der Waals surface area contributed by atoms with E-state index in [1.807, 2.05) is 24.3 Å². The van der Waals surface area contributed by atoms with Gasteiger partial charge in [0, 0.05) is 52.0 Å². The highest BCUT2D eigenvalue weighted by Gasteiger charge is 2.26. The summed E-state index contributed by atoms with van der Waals surface area (Å²) in [7, 11) is 5.96. The molecule has 2 heterocycles. The van der Waals surface area contributed by atoms with Crippen LogP contribution in [0.3, 0.4) is 0 Å². The van der Waals surface area contributed by atoms with E-state index in [0.29, 0.717) is 12.3 Å². The van der Waals surface area contributed by atoms with E-state index in [0.717, 1.165) is 44.9 Å². The van der Waals surface area contributed by atoms with E-state index in [1.165, 1.54) is 23.2 Å². The lowest BCUT2D eigenvalue weighted by Gasteiger charge is -2.39. The Bertz CT molecular complexity index is 926. The number of anilines is 1. The maximum Gasteiger partial charge on any atom is 0.258 e. The fourth-order valence-corrected chi connectivity index (χ4v) is 4.69. The number of nitrogens with zero attached hydrogens (tertiary/aromatic N) is 3. The van der Waals surface area contributed by atoms with E-state index >= 15 is 0 Å². The molecule has 4 rings (SSSR count). The minimum absolute atomic E-state index is 0.00321. The van der Waals surface area contributed by atoms with Crippen LogP contribution < -0.4 is 19.7 Å². The highest BCUT2D eigenvalue weighted by Crippen LogP contribution is 2.31. The zero-order valence-electron chi connectivity index (χ0n) is 20.0. The molecule has 2 aliphatic rings. The number of aryl methyl sites for hydroxylation is 1. The molecule has 2 aromatic rings. The molecule has 0 spiro atoms. The Morgan fingerprint density at radius 2 is 1.73 bits per heavy atom. The Kier molecular flexibility index (Phi) is 7.73. The number of ether oxygens (including phenoxy) is 2. The topological polar surface area (TPSA) is 57.3 Å². The third kappa shape index (κ3) is 5.97. The SMILES string of the molecule is COc1ccc(OCC(=O)NCC(c2ccc3c(c2)CCCN3C)N2CCN(C)CC2)cc1. The van der Waals surface area contributed by atoms with Gasteiger partial charge in [-0.25, -0.2) is 0 Å². The summed E-state index contributed by atoms with van der Waals surface area (Å²) in [5.41, 5.74) is 4.03. The molecule has 1 N–H and O–H groups in total. The highest BCUT2D eigenvalue weighted by molar-refractivity contribution is 5.77. The number of fused-ring (bicyclic) bond motifs is 1. The number of amides is 1. The molecule has 1 unspecified atom stereocenters. The van der Waals surface area contributed by atoms with Crippen LogP contribution in [0.4, 0.5) is 5.69 Å². The summed E-state index contributed by atoms with van der Waals surface area (Å²) in [5, 5.41) is 3.12. The van der Waals surface area contributed by atoms with Gasteiger partial charge in [-0.3, -0.25) is 9.69 Å². The minimum Gasteiger partial charge on any atom is -0.497 e. The average molecular weight is 453 g/mol. The van der Waals surface area contributed by atoms with E-state index < -0.39 is 0 Å². The van der Waals surface area contributed by atoms with Crippen molar-refractivity contribution in [1.29, 1.82) is 0 Å². The Hall–Kier alpha value is -2.77. The summed E-state index contributed by atoms with van der Waals surface area (Å²) in [6.45, 7) is 5.75. The molecule has 2 aliphatic heterocycles. The molecule has 0 saturated carbocycles. The molecule has 1 amide bonds. The summed E-state index contributed by atoms with van der Waals surface area (Å²) in [6, 6.07) is 14.3. The second kappa shape index (κ2) is 10.9. The molecule has 0 aromatic heterocycles. The minimum atomic E-state index is -0.109. The van der Waals surface area contributed by atoms with E-state index in [2.05, 4.69) is 52.3 Å². The van der Waals surface area contributed by atoms with Crippen LogP contribution in [0.1, 0.15) is 23.6 Å². The third-order valence-corrected chi connectivity index (χ3v) is 6.74. The van der Waals surface area contributed by atoms with Crippen LogP contribution in [-0.2, 0) is 11.2 Å². The number of methoxy groups -OCH3 is 1. The normalized spacial score (nSPS) is 17.8. The molecule has 0 aliphatic carbocycles. The lowest BCUT2D eigenvalue weighted by molar-refractivity contribution is -0.123. The summed E-state index contributed by atoms with van der Waals surface area (Å²) in [4.78, 5) is 19.8. The first kappa shape index (κ1) is 23.4. The van der Waals surface area contributed by atoms with Gasteiger partial charge in [0.15, 0.2) is 6.61 Å². The number of hydrogen-bond donors (Lipinski definition) is 1. The number of likely N-dealkylation sites (N-methyl/N-ethyl adjacent to an activating group) is 1. The largest absolute Gasteiger partial charge is 0.497 e. The van der Waals surface area contributed by atoms with Crippen molar-refractivity contribution < 1.29 is 14.3 Å². The maximum atomic E-state index is 12.6. The molecule has 7 heteroatoms. The van der Waals surface area contributed by atoms with Crippen molar-refractivity contribution in [2.24, 2.45) is 0 Å². The molecule has 2 aromatic carbocycles. The van der Waals surface area contributed by atoms with Crippen LogP contribution >= 0.6 is 0 Å². The van der Waals surface area contributed by atoms with Crippen molar-refractivity contribution >= 4 is 11.6 Å². The van der Waals surface area contributed by atoms with Gasteiger partial charge in [-0.1, -0.05) is 12.1 Å². The van der Waals surface area contributed by atoms with Gasteiger partial charge in [0.2, 0.25) is 0 Å². The summed E-state index contributed by atoms with van der Waals surface area (Å²) in [6.07, 6.45) is 2.30. The summed E-state index contributed by atoms with van der Waals surface area (Å²) >= 11 is 0. The first-order valence-corrected chi connectivity index (χ1v) is 11.8. The first-order chi connectivity index (χ1) is 16.0. The molecule has 0 bridgehead atoms. The zero-order chi connectivity index (χ0) is 23.2. The van der Waals surface area contributed by atoms with Crippen molar-refractivity contribution in [2.75, 3.05) is 72.0 Å². The van der Waals surface area contributed by atoms with Gasteiger partial charge in [-0.2, -0.15) is 0 Å². The van der Waals surface area contributed by atoms with Gasteiger partial charge < -0.3 is 24.6 Å². The lowest BCUT2D eigenvalue weighted by Crippen LogP contribution is -2.48. The number of carbonyl (C=O) groups is 1. The molecule has 1 saturated heterocycles. The van der Waals surface area contributed by atoms with Gasteiger partial charge in [0.05, 0.1) is 13.2 Å². The van der Waals surface area contributed by atoms with Crippen molar-refractivity contribution in [1.82, 2.24) is 15.1 Å². The Morgan fingerprint density at radius 3 is 2.45 bits per heavy atom. The maximum absolute atomic E-state index is 12.6. The van der Waals surface area contributed by atoms with Crippen molar-refractivity contribution in [3.05, 3.63) is 53.6 Å². The molecule has 33 heavy (non-hydrogen) atoms. The number of piperazine rings is 1. The van der Waals surface area contributed by atoms with E-state index in [1.54, 1.807) is 7.11 Å². The number of hydrogen-bond acceptors (Lipinski definition) is 6. The molecule has 7 nitrogen and oxygen atoms in total. The van der Waals surface area contributed by atoms with Gasteiger partial charge in [-0.15, -0.1) is 0 Å². The zero-order valence-corrected chi connectivity index (χ0v) is 20.0. The lowest BCUT2D eigenvalue weighted by atomic mass is 9.95. The standard InChI is InChI=1S/C26H36N4O3/c1-28-13-15-30(16-14-28)25(21-6-11-24-20(17-21)5-4-12-29(24)2)18-27-26(31)19-33-23-9-7-22(32-3)8-10-23/h6-11,17,25H,4-5,12-16,18-19H2,1-3H3,(H,27,31). The van der Waals surface area contributed by atoms with Crippen molar-refractivity contribution in [3.63, 3.8) is 0 Å².